The summed E-state index contributed by atoms with van der Waals surface area (Å²) < 4.78 is 5.16. The van der Waals surface area contributed by atoms with E-state index in [0.29, 0.717) is 25.7 Å². The molecule has 0 aromatic heterocycles. The molecule has 0 rings (SSSR count). The standard InChI is InChI=1S/C24H44N2O5/c1-5-7-8-14-17-24(4,30)18-19-26(23(25)29)21(22(28)31-6-2)16-13-11-9-10-12-15-20(3)27/h11,13,21,30H,5-10,12,14-19H2,1-4H3,(H2,25,29). The summed E-state index contributed by atoms with van der Waals surface area (Å²) in [4.78, 5) is 36.9. The number of amides is 2. The normalized spacial score (nSPS) is 14.2. The van der Waals surface area contributed by atoms with Gasteiger partial charge in [0, 0.05) is 13.0 Å². The molecule has 31 heavy (non-hydrogen) atoms. The maximum atomic E-state index is 12.5. The molecule has 0 heterocycles. The zero-order valence-corrected chi connectivity index (χ0v) is 20.0. The van der Waals surface area contributed by atoms with E-state index in [2.05, 4.69) is 6.92 Å². The summed E-state index contributed by atoms with van der Waals surface area (Å²) >= 11 is 0. The van der Waals surface area contributed by atoms with Crippen molar-refractivity contribution in [1.82, 2.24) is 4.90 Å². The number of carbonyl (C=O) groups is 3. The summed E-state index contributed by atoms with van der Waals surface area (Å²) in [6.45, 7) is 7.60. The van der Waals surface area contributed by atoms with Crippen LogP contribution in [-0.4, -0.2) is 52.6 Å². The molecule has 3 N–H and O–H groups in total. The second-order valence-corrected chi connectivity index (χ2v) is 8.51. The number of rotatable bonds is 18. The molecule has 0 spiro atoms. The molecule has 0 aliphatic heterocycles. The Balaban J connectivity index is 4.91. The summed E-state index contributed by atoms with van der Waals surface area (Å²) in [5.74, 6) is -0.310. The van der Waals surface area contributed by atoms with Gasteiger partial charge < -0.3 is 25.3 Å². The number of primary amides is 1. The van der Waals surface area contributed by atoms with Crippen molar-refractivity contribution in [3.8, 4) is 0 Å². The minimum Gasteiger partial charge on any atom is -0.464 e. The van der Waals surface area contributed by atoms with Crippen LogP contribution in [0.1, 0.15) is 98.3 Å². The van der Waals surface area contributed by atoms with E-state index in [1.807, 2.05) is 12.2 Å². The maximum absolute atomic E-state index is 12.5. The average Bonchev–Trinajstić information content (AvgIpc) is 2.68. The van der Waals surface area contributed by atoms with Crippen LogP contribution in [0, 0.1) is 0 Å². The fourth-order valence-corrected chi connectivity index (χ4v) is 3.41. The van der Waals surface area contributed by atoms with Gasteiger partial charge in [-0.25, -0.2) is 9.59 Å². The molecular weight excluding hydrogens is 396 g/mol. The second-order valence-electron chi connectivity index (χ2n) is 8.51. The van der Waals surface area contributed by atoms with Gasteiger partial charge in [0.25, 0.3) is 0 Å². The molecule has 0 aromatic carbocycles. The summed E-state index contributed by atoms with van der Waals surface area (Å²) in [5.41, 5.74) is 4.66. The highest BCUT2D eigenvalue weighted by molar-refractivity contribution is 5.83. The monoisotopic (exact) mass is 440 g/mol. The molecule has 0 aliphatic rings. The number of esters is 1. The zero-order valence-electron chi connectivity index (χ0n) is 20.0. The maximum Gasteiger partial charge on any atom is 0.329 e. The molecule has 0 aromatic rings. The van der Waals surface area contributed by atoms with Gasteiger partial charge in [-0.05, 0) is 59.3 Å². The topological polar surface area (TPSA) is 110 Å². The number of Topliss-reactive ketones (excluding diaryl/α,β-unsaturated/α-hetero) is 1. The van der Waals surface area contributed by atoms with E-state index in [-0.39, 0.29) is 18.9 Å². The van der Waals surface area contributed by atoms with Crippen molar-refractivity contribution in [3.05, 3.63) is 12.2 Å². The number of ether oxygens (including phenoxy) is 1. The summed E-state index contributed by atoms with van der Waals surface area (Å²) in [6.07, 6.45) is 12.4. The molecule has 0 fully saturated rings. The van der Waals surface area contributed by atoms with E-state index in [1.54, 1.807) is 20.8 Å². The summed E-state index contributed by atoms with van der Waals surface area (Å²) in [5, 5.41) is 10.7. The Hall–Kier alpha value is -1.89. The number of unbranched alkanes of at least 4 members (excludes halogenated alkanes) is 5. The van der Waals surface area contributed by atoms with E-state index in [4.69, 9.17) is 10.5 Å². The van der Waals surface area contributed by atoms with E-state index in [1.165, 1.54) is 4.90 Å². The number of hydrogen-bond donors (Lipinski definition) is 2. The molecule has 180 valence electrons. The minimum atomic E-state index is -0.923. The predicted molar refractivity (Wildman–Crippen MR) is 124 cm³/mol. The van der Waals surface area contributed by atoms with E-state index in [0.717, 1.165) is 44.9 Å². The van der Waals surface area contributed by atoms with Crippen LogP contribution >= 0.6 is 0 Å². The highest BCUT2D eigenvalue weighted by Gasteiger charge is 2.31. The van der Waals surface area contributed by atoms with Gasteiger partial charge in [-0.1, -0.05) is 44.8 Å². The van der Waals surface area contributed by atoms with Crippen molar-refractivity contribution in [2.24, 2.45) is 5.73 Å². The lowest BCUT2D eigenvalue weighted by Crippen LogP contribution is -2.50. The van der Waals surface area contributed by atoms with E-state index < -0.39 is 23.6 Å². The minimum absolute atomic E-state index is 0.185. The van der Waals surface area contributed by atoms with Crippen molar-refractivity contribution in [3.63, 3.8) is 0 Å². The summed E-state index contributed by atoms with van der Waals surface area (Å²) in [7, 11) is 0. The van der Waals surface area contributed by atoms with Gasteiger partial charge in [0.05, 0.1) is 12.2 Å². The largest absolute Gasteiger partial charge is 0.464 e. The second kappa shape index (κ2) is 16.8. The van der Waals surface area contributed by atoms with Crippen molar-refractivity contribution in [1.29, 1.82) is 0 Å². The molecule has 0 radical (unpaired) electrons. The number of nitrogens with two attached hydrogens (primary N) is 1. The van der Waals surface area contributed by atoms with Crippen LogP contribution in [0.3, 0.4) is 0 Å². The van der Waals surface area contributed by atoms with E-state index in [9.17, 15) is 19.5 Å². The van der Waals surface area contributed by atoms with Gasteiger partial charge in [-0.15, -0.1) is 0 Å². The SMILES string of the molecule is CCCCCCC(C)(O)CCN(C(N)=O)C(CC=CCCCCC(C)=O)C(=O)OCC. The molecule has 7 nitrogen and oxygen atoms in total. The molecule has 7 heteroatoms. The van der Waals surface area contributed by atoms with Crippen molar-refractivity contribution < 1.29 is 24.2 Å². The quantitative estimate of drug-likeness (QED) is 0.185. The summed E-state index contributed by atoms with van der Waals surface area (Å²) in [6, 6.07) is -1.52. The van der Waals surface area contributed by atoms with Gasteiger partial charge >= 0.3 is 12.0 Å². The number of carbonyl (C=O) groups excluding carboxylic acids is 3. The average molecular weight is 441 g/mol. The van der Waals surface area contributed by atoms with E-state index >= 15 is 0 Å². The molecule has 0 saturated heterocycles. The molecule has 0 bridgehead atoms. The van der Waals surface area contributed by atoms with Crippen LogP contribution in [0.15, 0.2) is 12.2 Å². The number of allylic oxidation sites excluding steroid dienone is 1. The van der Waals surface area contributed by atoms with Gasteiger partial charge in [0.2, 0.25) is 0 Å². The smallest absolute Gasteiger partial charge is 0.329 e. The Morgan fingerprint density at radius 1 is 1.06 bits per heavy atom. The third kappa shape index (κ3) is 14.7. The molecule has 0 saturated carbocycles. The number of hydrogen-bond acceptors (Lipinski definition) is 5. The van der Waals surface area contributed by atoms with Crippen molar-refractivity contribution in [2.45, 2.75) is 110 Å². The van der Waals surface area contributed by atoms with Crippen molar-refractivity contribution in [2.75, 3.05) is 13.2 Å². The first-order chi connectivity index (χ1) is 14.6. The lowest BCUT2D eigenvalue weighted by molar-refractivity contribution is -0.148. The van der Waals surface area contributed by atoms with Crippen LogP contribution < -0.4 is 5.73 Å². The fourth-order valence-electron chi connectivity index (χ4n) is 3.41. The predicted octanol–water partition coefficient (Wildman–Crippen LogP) is 4.51. The van der Waals surface area contributed by atoms with Gasteiger partial charge in [-0.3, -0.25) is 0 Å². The molecule has 2 amide bonds. The molecule has 2 unspecified atom stereocenters. The van der Waals surface area contributed by atoms with Crippen LogP contribution in [-0.2, 0) is 14.3 Å². The highest BCUT2D eigenvalue weighted by Crippen LogP contribution is 2.21. The Bertz CT molecular complexity index is 560. The first-order valence-electron chi connectivity index (χ1n) is 11.7. The lowest BCUT2D eigenvalue weighted by Gasteiger charge is -2.31. The number of ketones is 1. The van der Waals surface area contributed by atoms with Crippen LogP contribution in [0.4, 0.5) is 4.79 Å². The van der Waals surface area contributed by atoms with Gasteiger partial charge in [-0.2, -0.15) is 0 Å². The van der Waals surface area contributed by atoms with Crippen LogP contribution in [0.25, 0.3) is 0 Å². The third-order valence-electron chi connectivity index (χ3n) is 5.35. The Kier molecular flexibility index (Phi) is 15.7. The Morgan fingerprint density at radius 3 is 2.35 bits per heavy atom. The first-order valence-corrected chi connectivity index (χ1v) is 11.7. The number of aliphatic hydroxyl groups is 1. The first kappa shape index (κ1) is 29.1. The van der Waals surface area contributed by atoms with Crippen LogP contribution in [0.5, 0.6) is 0 Å². The zero-order chi connectivity index (χ0) is 23.7. The van der Waals surface area contributed by atoms with Gasteiger partial charge in [0.15, 0.2) is 0 Å². The van der Waals surface area contributed by atoms with Crippen LogP contribution in [0.2, 0.25) is 0 Å². The molecule has 0 aliphatic carbocycles. The highest BCUT2D eigenvalue weighted by atomic mass is 16.5. The Morgan fingerprint density at radius 2 is 1.77 bits per heavy atom. The number of urea groups is 1. The molecular formula is C24H44N2O5. The fraction of sp³-hybridized carbons (Fsp3) is 0.792. The Labute approximate surface area is 188 Å². The number of nitrogens with zero attached hydrogens (tertiary/aromatic N) is 1. The lowest BCUT2D eigenvalue weighted by atomic mass is 9.94. The van der Waals surface area contributed by atoms with Crippen molar-refractivity contribution >= 4 is 17.8 Å². The third-order valence-corrected chi connectivity index (χ3v) is 5.35. The van der Waals surface area contributed by atoms with Gasteiger partial charge in [0.1, 0.15) is 11.8 Å². The molecule has 2 atom stereocenters.